The van der Waals surface area contributed by atoms with Gasteiger partial charge in [-0.25, -0.2) is 4.98 Å². The smallest absolute Gasteiger partial charge is 0.305 e. The molecule has 48 heavy (non-hydrogen) atoms. The van der Waals surface area contributed by atoms with Crippen molar-refractivity contribution in [1.82, 2.24) is 25.1 Å². The zero-order chi connectivity index (χ0) is 34.5. The van der Waals surface area contributed by atoms with Crippen LogP contribution >= 0.6 is 22.7 Å². The summed E-state index contributed by atoms with van der Waals surface area (Å²) in [5.41, 5.74) is 0.857. The number of hydrogen-bond donors (Lipinski definition) is 5. The molecule has 12 nitrogen and oxygen atoms in total. The van der Waals surface area contributed by atoms with Gasteiger partial charge in [0.2, 0.25) is 0 Å². The van der Waals surface area contributed by atoms with Gasteiger partial charge in [0.1, 0.15) is 16.1 Å². The Kier molecular flexibility index (Phi) is 14.8. The summed E-state index contributed by atoms with van der Waals surface area (Å²) in [6, 6.07) is 3.20. The van der Waals surface area contributed by atoms with Crippen LogP contribution in [0.1, 0.15) is 104 Å². The van der Waals surface area contributed by atoms with Crippen LogP contribution < -0.4 is 10.2 Å². The van der Waals surface area contributed by atoms with Gasteiger partial charge < -0.3 is 40.2 Å². The molecular weight excluding hydrogens is 655 g/mol. The quantitative estimate of drug-likeness (QED) is 0.108. The summed E-state index contributed by atoms with van der Waals surface area (Å²) in [7, 11) is 0. The van der Waals surface area contributed by atoms with E-state index in [1.165, 1.54) is 55.9 Å². The Labute approximate surface area is 290 Å². The summed E-state index contributed by atoms with van der Waals surface area (Å²) in [6.45, 7) is 10.4. The zero-order valence-corrected chi connectivity index (χ0v) is 29.8. The van der Waals surface area contributed by atoms with Crippen molar-refractivity contribution in [2.45, 2.75) is 89.3 Å². The van der Waals surface area contributed by atoms with Crippen LogP contribution in [0, 0.1) is 0 Å². The lowest BCUT2D eigenvalue weighted by molar-refractivity contribution is -0.127. The van der Waals surface area contributed by atoms with Gasteiger partial charge in [-0.3, -0.25) is 14.4 Å². The third-order valence-corrected chi connectivity index (χ3v) is 11.4. The standard InChI is InChI=1S/C33H49N5O5S2.CH2O2/c1-23(2)30-35-21-27(44-30)31(41)38-18-19-43-33(22-38)12-16-37(17-13-33)15-9-7-5-3-4-6-8-14-34-20-26(40)24-10-11-25(39)28-29(24)45-32(42)36-28;2-1-3/h10-11,21,23,26,34,39-40H,3-9,12-20,22H2,1-2H3,(H,36,42);1H,(H,2,3). The van der Waals surface area contributed by atoms with Crippen molar-refractivity contribution in [2.24, 2.45) is 0 Å². The second-order valence-corrected chi connectivity index (χ2v) is 15.1. The van der Waals surface area contributed by atoms with E-state index in [0.717, 1.165) is 66.7 Å². The number of aromatic nitrogens is 2. The number of nitrogens with zero attached hydrogens (tertiary/aromatic N) is 3. The second kappa shape index (κ2) is 18.8. The molecule has 1 amide bonds. The highest BCUT2D eigenvalue weighted by Gasteiger charge is 2.41. The van der Waals surface area contributed by atoms with E-state index in [9.17, 15) is 19.8 Å². The molecule has 266 valence electrons. The molecule has 1 spiro atoms. The summed E-state index contributed by atoms with van der Waals surface area (Å²) in [5, 5.41) is 31.8. The predicted octanol–water partition coefficient (Wildman–Crippen LogP) is 4.94. The third-order valence-electron chi connectivity index (χ3n) is 9.14. The number of phenolic OH excluding ortho intramolecular Hbond substituents is 1. The topological polar surface area (TPSA) is 168 Å². The molecule has 1 atom stereocenters. The minimum atomic E-state index is -0.730. The monoisotopic (exact) mass is 705 g/mol. The van der Waals surface area contributed by atoms with Crippen LogP contribution in [0.25, 0.3) is 10.2 Å². The maximum atomic E-state index is 13.2. The van der Waals surface area contributed by atoms with Gasteiger partial charge in [0.15, 0.2) is 0 Å². The molecule has 14 heteroatoms. The van der Waals surface area contributed by atoms with Crippen LogP contribution in [0.5, 0.6) is 5.75 Å². The van der Waals surface area contributed by atoms with Crippen LogP contribution in [-0.2, 0) is 9.53 Å². The van der Waals surface area contributed by atoms with Crippen LogP contribution in [-0.4, -0.2) is 105 Å². The summed E-state index contributed by atoms with van der Waals surface area (Å²) in [6.07, 6.45) is 11.4. The molecule has 3 aromatic rings. The molecule has 5 rings (SSSR count). The van der Waals surface area contributed by atoms with Gasteiger partial charge in [-0.05, 0) is 44.8 Å². The number of carbonyl (C=O) groups is 2. The lowest BCUT2D eigenvalue weighted by Gasteiger charge is -2.47. The number of aromatic amines is 1. The maximum absolute atomic E-state index is 13.2. The fraction of sp³-hybridized carbons (Fsp3) is 0.647. The van der Waals surface area contributed by atoms with E-state index in [1.54, 1.807) is 12.3 Å². The fourth-order valence-electron chi connectivity index (χ4n) is 6.43. The van der Waals surface area contributed by atoms with Crippen LogP contribution in [0.4, 0.5) is 0 Å². The number of aliphatic hydroxyl groups excluding tert-OH is 1. The van der Waals surface area contributed by atoms with Gasteiger partial charge in [-0.1, -0.05) is 63.4 Å². The Morgan fingerprint density at radius 3 is 2.48 bits per heavy atom. The molecule has 1 aromatic carbocycles. The van der Waals surface area contributed by atoms with Crippen molar-refractivity contribution < 1.29 is 29.6 Å². The molecule has 0 radical (unpaired) electrons. The van der Waals surface area contributed by atoms with E-state index in [-0.39, 0.29) is 28.6 Å². The molecule has 0 aliphatic carbocycles. The van der Waals surface area contributed by atoms with Gasteiger partial charge >= 0.3 is 4.87 Å². The van der Waals surface area contributed by atoms with Crippen LogP contribution in [0.2, 0.25) is 0 Å². The number of nitrogens with one attached hydrogen (secondary N) is 2. The molecule has 4 heterocycles. The first-order chi connectivity index (χ1) is 23.2. The molecule has 2 aliphatic rings. The number of rotatable bonds is 15. The summed E-state index contributed by atoms with van der Waals surface area (Å²) >= 11 is 2.54. The molecule has 2 aliphatic heterocycles. The number of likely N-dealkylation sites (tertiary alicyclic amines) is 1. The van der Waals surface area contributed by atoms with E-state index in [1.807, 2.05) is 4.90 Å². The maximum Gasteiger partial charge on any atom is 0.305 e. The average molecular weight is 706 g/mol. The SMILES string of the molecule is CC(C)c1ncc(C(=O)N2CCOC3(CCN(CCCCCCCCCNCC(O)c4ccc(O)c5[nH]c(=O)sc45)CC3)C2)s1.O=CO. The summed E-state index contributed by atoms with van der Waals surface area (Å²) in [4.78, 5) is 45.4. The molecular formula is C34H51N5O7S2. The number of morpholine rings is 1. The number of amides is 1. The number of aromatic hydroxyl groups is 1. The van der Waals surface area contributed by atoms with E-state index in [2.05, 4.69) is 34.0 Å². The first kappa shape index (κ1) is 37.9. The van der Waals surface area contributed by atoms with Crippen molar-refractivity contribution in [2.75, 3.05) is 52.4 Å². The molecule has 5 N–H and O–H groups in total. The van der Waals surface area contributed by atoms with E-state index >= 15 is 0 Å². The number of benzene rings is 1. The van der Waals surface area contributed by atoms with Crippen molar-refractivity contribution in [1.29, 1.82) is 0 Å². The first-order valence-electron chi connectivity index (χ1n) is 17.1. The summed E-state index contributed by atoms with van der Waals surface area (Å²) < 4.78 is 6.92. The lowest BCUT2D eigenvalue weighted by atomic mass is 9.89. The highest BCUT2D eigenvalue weighted by Crippen LogP contribution is 2.33. The van der Waals surface area contributed by atoms with E-state index in [0.29, 0.717) is 47.9 Å². The van der Waals surface area contributed by atoms with Crippen molar-refractivity contribution in [3.63, 3.8) is 0 Å². The predicted molar refractivity (Wildman–Crippen MR) is 189 cm³/mol. The normalized spacial score (nSPS) is 17.0. The first-order valence-corrected chi connectivity index (χ1v) is 18.7. The number of carbonyl (C=O) groups excluding carboxylic acids is 1. The molecule has 0 bridgehead atoms. The number of thiazole rings is 2. The number of ether oxygens (including phenoxy) is 1. The Bertz CT molecular complexity index is 1500. The highest BCUT2D eigenvalue weighted by molar-refractivity contribution is 7.16. The number of carboxylic acid groups (broad SMARTS) is 1. The number of phenols is 1. The van der Waals surface area contributed by atoms with Crippen LogP contribution in [0.3, 0.4) is 0 Å². The molecule has 2 fully saturated rings. The number of H-pyrrole nitrogens is 1. The van der Waals surface area contributed by atoms with Gasteiger partial charge in [0, 0.05) is 37.7 Å². The highest BCUT2D eigenvalue weighted by atomic mass is 32.1. The van der Waals surface area contributed by atoms with Crippen molar-refractivity contribution in [3.8, 4) is 5.75 Å². The van der Waals surface area contributed by atoms with Crippen molar-refractivity contribution >= 4 is 45.3 Å². The lowest BCUT2D eigenvalue weighted by Crippen LogP contribution is -2.58. The number of piperidine rings is 1. The number of hydrogen-bond acceptors (Lipinski definition) is 11. The number of aliphatic hydroxyl groups is 1. The van der Waals surface area contributed by atoms with E-state index < -0.39 is 6.10 Å². The van der Waals surface area contributed by atoms with Crippen molar-refractivity contribution in [3.05, 3.63) is 43.4 Å². The molecule has 0 saturated carbocycles. The Morgan fingerprint density at radius 1 is 1.10 bits per heavy atom. The number of fused-ring (bicyclic) bond motifs is 1. The van der Waals surface area contributed by atoms with Gasteiger partial charge in [-0.15, -0.1) is 11.3 Å². The Hall–Kier alpha value is -2.88. The number of unbranched alkanes of at least 4 members (excludes halogenated alkanes) is 6. The Morgan fingerprint density at radius 2 is 1.79 bits per heavy atom. The van der Waals surface area contributed by atoms with Gasteiger partial charge in [0.05, 0.1) is 40.8 Å². The average Bonchev–Trinajstić information content (AvgIpc) is 3.73. The zero-order valence-electron chi connectivity index (χ0n) is 28.1. The fourth-order valence-corrected chi connectivity index (χ4v) is 8.24. The van der Waals surface area contributed by atoms with Crippen LogP contribution in [0.15, 0.2) is 23.1 Å². The largest absolute Gasteiger partial charge is 0.506 e. The minimum absolute atomic E-state index is 0.0249. The molecule has 1 unspecified atom stereocenters. The molecule has 2 aromatic heterocycles. The van der Waals surface area contributed by atoms with Gasteiger partial charge in [0.25, 0.3) is 12.4 Å². The minimum Gasteiger partial charge on any atom is -0.506 e. The third kappa shape index (κ3) is 10.6. The van der Waals surface area contributed by atoms with E-state index in [4.69, 9.17) is 14.6 Å². The second-order valence-electron chi connectivity index (χ2n) is 13.0. The van der Waals surface area contributed by atoms with Gasteiger partial charge in [-0.2, -0.15) is 0 Å². The summed E-state index contributed by atoms with van der Waals surface area (Å²) in [5.74, 6) is 0.465. The molecule has 2 saturated heterocycles. The Balaban J connectivity index is 0.00000167.